The molecule has 4 nitrogen and oxygen atoms in total. The lowest BCUT2D eigenvalue weighted by molar-refractivity contribution is -0.142. The molecule has 0 saturated carbocycles. The van der Waals surface area contributed by atoms with Crippen LogP contribution < -0.4 is 5.32 Å². The number of benzene rings is 2. The quantitative estimate of drug-likeness (QED) is 0.823. The van der Waals surface area contributed by atoms with Gasteiger partial charge in [0.15, 0.2) is 0 Å². The molecule has 2 amide bonds. The van der Waals surface area contributed by atoms with Crippen LogP contribution >= 0.6 is 11.8 Å². The third-order valence-corrected chi connectivity index (χ3v) is 5.89. The molecule has 1 aliphatic heterocycles. The van der Waals surface area contributed by atoms with E-state index in [2.05, 4.69) is 5.32 Å². The summed E-state index contributed by atoms with van der Waals surface area (Å²) in [5.74, 6) is -1.00. The molecule has 1 aliphatic rings. The molecule has 3 rings (SSSR count). The molecule has 1 fully saturated rings. The first-order chi connectivity index (χ1) is 13.4. The van der Waals surface area contributed by atoms with E-state index in [9.17, 15) is 18.4 Å². The Balaban J connectivity index is 1.77. The fraction of sp³-hybridized carbons (Fsp3) is 0.333. The highest BCUT2D eigenvalue weighted by Crippen LogP contribution is 2.42. The van der Waals surface area contributed by atoms with Crippen molar-refractivity contribution in [3.05, 3.63) is 71.3 Å². The minimum absolute atomic E-state index is 0.152. The minimum Gasteiger partial charge on any atom is -0.350 e. The summed E-state index contributed by atoms with van der Waals surface area (Å²) in [6.45, 7) is 3.80. The number of rotatable bonds is 5. The van der Waals surface area contributed by atoms with Gasteiger partial charge < -0.3 is 10.2 Å². The summed E-state index contributed by atoms with van der Waals surface area (Å²) in [7, 11) is 0. The number of nitrogens with one attached hydrogen (secondary N) is 1. The largest absolute Gasteiger partial charge is 0.350 e. The first-order valence-corrected chi connectivity index (χ1v) is 10.1. The molecule has 28 heavy (non-hydrogen) atoms. The number of halogens is 2. The Labute approximate surface area is 167 Å². The maximum Gasteiger partial charge on any atom is 0.243 e. The summed E-state index contributed by atoms with van der Waals surface area (Å²) in [6.07, 6.45) is 0. The molecule has 0 radical (unpaired) electrons. The van der Waals surface area contributed by atoms with Crippen molar-refractivity contribution in [2.75, 3.05) is 5.75 Å². The van der Waals surface area contributed by atoms with Crippen molar-refractivity contribution in [2.45, 2.75) is 31.8 Å². The van der Waals surface area contributed by atoms with Crippen LogP contribution in [0.5, 0.6) is 0 Å². The van der Waals surface area contributed by atoms with E-state index in [-0.39, 0.29) is 35.9 Å². The van der Waals surface area contributed by atoms with E-state index in [1.807, 2.05) is 0 Å². The van der Waals surface area contributed by atoms with Crippen LogP contribution in [0.3, 0.4) is 0 Å². The second-order valence-corrected chi connectivity index (χ2v) is 8.11. The molecule has 2 unspecified atom stereocenters. The Bertz CT molecular complexity index is 858. The monoisotopic (exact) mass is 404 g/mol. The highest BCUT2D eigenvalue weighted by Gasteiger charge is 2.42. The number of nitrogens with zero attached hydrogens (tertiary/aromatic N) is 1. The van der Waals surface area contributed by atoms with Gasteiger partial charge in [0.1, 0.15) is 23.1 Å². The average Bonchev–Trinajstić information content (AvgIpc) is 3.11. The van der Waals surface area contributed by atoms with E-state index >= 15 is 0 Å². The second-order valence-electron chi connectivity index (χ2n) is 7.00. The Morgan fingerprint density at radius 1 is 1.14 bits per heavy atom. The predicted molar refractivity (Wildman–Crippen MR) is 105 cm³/mol. The molecule has 2 aromatic carbocycles. The van der Waals surface area contributed by atoms with Crippen LogP contribution in [0.4, 0.5) is 8.78 Å². The fourth-order valence-corrected chi connectivity index (χ4v) is 4.53. The van der Waals surface area contributed by atoms with Crippen LogP contribution in [-0.4, -0.2) is 28.5 Å². The maximum atomic E-state index is 13.7. The molecular weight excluding hydrogens is 382 g/mol. The van der Waals surface area contributed by atoms with Crippen LogP contribution in [-0.2, 0) is 16.1 Å². The van der Waals surface area contributed by atoms with Crippen LogP contribution in [0.2, 0.25) is 0 Å². The van der Waals surface area contributed by atoms with Gasteiger partial charge in [-0.2, -0.15) is 0 Å². The normalized spacial score (nSPS) is 19.1. The van der Waals surface area contributed by atoms with Gasteiger partial charge in [-0.25, -0.2) is 8.78 Å². The van der Waals surface area contributed by atoms with Crippen LogP contribution in [0.25, 0.3) is 0 Å². The number of carbonyl (C=O) groups is 2. The Morgan fingerprint density at radius 2 is 1.86 bits per heavy atom. The molecular formula is C21H22F2N2O2S. The minimum atomic E-state index is -0.645. The van der Waals surface area contributed by atoms with Gasteiger partial charge in [-0.1, -0.05) is 38.1 Å². The summed E-state index contributed by atoms with van der Waals surface area (Å²) >= 11 is 1.45. The fourth-order valence-electron chi connectivity index (χ4n) is 3.10. The summed E-state index contributed by atoms with van der Waals surface area (Å²) in [5.41, 5.74) is 1.43. The van der Waals surface area contributed by atoms with Gasteiger partial charge in [0.05, 0.1) is 0 Å². The Hall–Kier alpha value is -2.41. The summed E-state index contributed by atoms with van der Waals surface area (Å²) < 4.78 is 26.7. The van der Waals surface area contributed by atoms with E-state index < -0.39 is 11.4 Å². The van der Waals surface area contributed by atoms with E-state index in [4.69, 9.17) is 0 Å². The third kappa shape index (κ3) is 4.52. The lowest BCUT2D eigenvalue weighted by Gasteiger charge is -2.30. The zero-order valence-electron chi connectivity index (χ0n) is 15.7. The van der Waals surface area contributed by atoms with Gasteiger partial charge in [-0.05, 0) is 35.4 Å². The molecule has 0 spiro atoms. The number of carbonyl (C=O) groups excluding carboxylic acids is 2. The van der Waals surface area contributed by atoms with Crippen LogP contribution in [0, 0.1) is 17.6 Å². The molecule has 1 saturated heterocycles. The van der Waals surface area contributed by atoms with Crippen molar-refractivity contribution >= 4 is 23.6 Å². The SMILES string of the molecule is CC(C)C(=O)N1C(C(=O)NCc2ccc(F)cc2)CSC1c1cccc(F)c1. The molecule has 1 heterocycles. The molecule has 0 bridgehead atoms. The van der Waals surface area contributed by atoms with Crippen molar-refractivity contribution in [1.82, 2.24) is 10.2 Å². The highest BCUT2D eigenvalue weighted by atomic mass is 32.2. The molecule has 1 N–H and O–H groups in total. The van der Waals surface area contributed by atoms with E-state index in [0.29, 0.717) is 11.3 Å². The van der Waals surface area contributed by atoms with Crippen molar-refractivity contribution in [1.29, 1.82) is 0 Å². The van der Waals surface area contributed by atoms with Crippen LogP contribution in [0.15, 0.2) is 48.5 Å². The highest BCUT2D eigenvalue weighted by molar-refractivity contribution is 7.99. The summed E-state index contributed by atoms with van der Waals surface area (Å²) in [4.78, 5) is 27.2. The van der Waals surface area contributed by atoms with Crippen molar-refractivity contribution < 1.29 is 18.4 Å². The average molecular weight is 404 g/mol. The van der Waals surface area contributed by atoms with Gasteiger partial charge >= 0.3 is 0 Å². The topological polar surface area (TPSA) is 49.4 Å². The number of hydrogen-bond acceptors (Lipinski definition) is 3. The summed E-state index contributed by atoms with van der Waals surface area (Å²) in [6, 6.07) is 11.3. The molecule has 0 aliphatic carbocycles. The Kier molecular flexibility index (Phi) is 6.34. The van der Waals surface area contributed by atoms with Gasteiger partial charge in [-0.15, -0.1) is 11.8 Å². The lowest BCUT2D eigenvalue weighted by atomic mass is 10.1. The number of thioether (sulfide) groups is 1. The maximum absolute atomic E-state index is 13.7. The second kappa shape index (κ2) is 8.73. The van der Waals surface area contributed by atoms with Gasteiger partial charge in [0.2, 0.25) is 11.8 Å². The van der Waals surface area contributed by atoms with Gasteiger partial charge in [0.25, 0.3) is 0 Å². The van der Waals surface area contributed by atoms with Crippen molar-refractivity contribution in [3.63, 3.8) is 0 Å². The third-order valence-electron chi connectivity index (χ3n) is 4.57. The van der Waals surface area contributed by atoms with Gasteiger partial charge in [-0.3, -0.25) is 9.59 Å². The van der Waals surface area contributed by atoms with E-state index in [0.717, 1.165) is 5.56 Å². The zero-order chi connectivity index (χ0) is 20.3. The first-order valence-electron chi connectivity index (χ1n) is 9.08. The molecule has 7 heteroatoms. The molecule has 148 valence electrons. The lowest BCUT2D eigenvalue weighted by Crippen LogP contribution is -2.49. The Morgan fingerprint density at radius 3 is 2.50 bits per heavy atom. The molecule has 2 atom stereocenters. The molecule has 0 aromatic heterocycles. The van der Waals surface area contributed by atoms with E-state index in [1.165, 1.54) is 36.0 Å². The van der Waals surface area contributed by atoms with E-state index in [1.54, 1.807) is 43.0 Å². The predicted octanol–water partition coefficient (Wildman–Crippen LogP) is 3.88. The first kappa shape index (κ1) is 20.3. The standard InChI is InChI=1S/C21H22F2N2O2S/c1-13(2)20(27)25-18(12-28-21(25)15-4-3-5-17(23)10-15)19(26)24-11-14-6-8-16(22)9-7-14/h3-10,13,18,21H,11-12H2,1-2H3,(H,24,26). The number of hydrogen-bond donors (Lipinski definition) is 1. The molecule has 2 aromatic rings. The van der Waals surface area contributed by atoms with Crippen molar-refractivity contribution in [3.8, 4) is 0 Å². The van der Waals surface area contributed by atoms with Crippen molar-refractivity contribution in [2.24, 2.45) is 5.92 Å². The van der Waals surface area contributed by atoms with Gasteiger partial charge in [0, 0.05) is 18.2 Å². The number of amides is 2. The smallest absolute Gasteiger partial charge is 0.243 e. The zero-order valence-corrected chi connectivity index (χ0v) is 16.5. The summed E-state index contributed by atoms with van der Waals surface area (Å²) in [5, 5.41) is 2.41. The van der Waals surface area contributed by atoms with Crippen LogP contribution in [0.1, 0.15) is 30.3 Å².